The van der Waals surface area contributed by atoms with E-state index in [4.69, 9.17) is 6.42 Å². The molecule has 1 aromatic carbocycles. The first-order chi connectivity index (χ1) is 8.74. The van der Waals surface area contributed by atoms with Crippen LogP contribution in [0.25, 0.3) is 0 Å². The van der Waals surface area contributed by atoms with Crippen molar-refractivity contribution in [3.63, 3.8) is 0 Å². The standard InChI is InChI=1S/C15H18N2O/c1-3-12(4-2)17-15(18)9-11-10-16-14-8-6-5-7-13(11)14/h1,5-8,11-12,16H,4,9-10H2,2H3,(H,17,18). The van der Waals surface area contributed by atoms with E-state index < -0.39 is 0 Å². The lowest BCUT2D eigenvalue weighted by Crippen LogP contribution is -2.34. The molecule has 3 nitrogen and oxygen atoms in total. The topological polar surface area (TPSA) is 41.1 Å². The molecular formula is C15H18N2O. The Morgan fingerprint density at radius 1 is 1.61 bits per heavy atom. The lowest BCUT2D eigenvalue weighted by molar-refractivity contribution is -0.121. The van der Waals surface area contributed by atoms with Gasteiger partial charge in [0.2, 0.25) is 5.91 Å². The van der Waals surface area contributed by atoms with Gasteiger partial charge in [0.05, 0.1) is 6.04 Å². The Labute approximate surface area is 108 Å². The number of carbonyl (C=O) groups excluding carboxylic acids is 1. The molecule has 1 aromatic rings. The van der Waals surface area contributed by atoms with Gasteiger partial charge < -0.3 is 10.6 Å². The minimum Gasteiger partial charge on any atom is -0.384 e. The van der Waals surface area contributed by atoms with Crippen LogP contribution < -0.4 is 10.6 Å². The molecule has 0 radical (unpaired) electrons. The van der Waals surface area contributed by atoms with Gasteiger partial charge in [0.15, 0.2) is 0 Å². The fraction of sp³-hybridized carbons (Fsp3) is 0.400. The number of hydrogen-bond donors (Lipinski definition) is 2. The van der Waals surface area contributed by atoms with Crippen LogP contribution in [0.1, 0.15) is 31.2 Å². The summed E-state index contributed by atoms with van der Waals surface area (Å²) in [6, 6.07) is 7.98. The predicted molar refractivity (Wildman–Crippen MR) is 73.3 cm³/mol. The van der Waals surface area contributed by atoms with Gasteiger partial charge in [-0.1, -0.05) is 31.0 Å². The third kappa shape index (κ3) is 2.65. The van der Waals surface area contributed by atoms with Crippen molar-refractivity contribution in [1.29, 1.82) is 0 Å². The van der Waals surface area contributed by atoms with Gasteiger partial charge in [-0.05, 0) is 18.1 Å². The molecule has 0 fully saturated rings. The van der Waals surface area contributed by atoms with Crippen LogP contribution in [0.15, 0.2) is 24.3 Å². The Morgan fingerprint density at radius 2 is 2.39 bits per heavy atom. The van der Waals surface area contributed by atoms with E-state index >= 15 is 0 Å². The van der Waals surface area contributed by atoms with Crippen LogP contribution in [-0.4, -0.2) is 18.5 Å². The van der Waals surface area contributed by atoms with Crippen LogP contribution in [-0.2, 0) is 4.79 Å². The Kier molecular flexibility index (Phi) is 3.88. The smallest absolute Gasteiger partial charge is 0.221 e. The van der Waals surface area contributed by atoms with Crippen LogP contribution in [0.2, 0.25) is 0 Å². The van der Waals surface area contributed by atoms with Gasteiger partial charge in [-0.15, -0.1) is 6.42 Å². The van der Waals surface area contributed by atoms with Crippen molar-refractivity contribution in [3.8, 4) is 12.3 Å². The van der Waals surface area contributed by atoms with E-state index in [1.807, 2.05) is 25.1 Å². The first-order valence-electron chi connectivity index (χ1n) is 6.33. The van der Waals surface area contributed by atoms with Crippen molar-refractivity contribution in [1.82, 2.24) is 5.32 Å². The molecule has 3 heteroatoms. The largest absolute Gasteiger partial charge is 0.384 e. The van der Waals surface area contributed by atoms with Gasteiger partial charge in [-0.25, -0.2) is 0 Å². The molecule has 0 saturated heterocycles. The van der Waals surface area contributed by atoms with Crippen LogP contribution >= 0.6 is 0 Å². The number of hydrogen-bond acceptors (Lipinski definition) is 2. The first kappa shape index (κ1) is 12.5. The fourth-order valence-electron chi connectivity index (χ4n) is 2.28. The Bertz CT molecular complexity index is 476. The molecule has 1 aliphatic heterocycles. The van der Waals surface area contributed by atoms with Crippen LogP contribution in [0.3, 0.4) is 0 Å². The lowest BCUT2D eigenvalue weighted by atomic mass is 9.97. The highest BCUT2D eigenvalue weighted by Gasteiger charge is 2.24. The maximum absolute atomic E-state index is 11.9. The third-order valence-corrected chi connectivity index (χ3v) is 3.32. The highest BCUT2D eigenvalue weighted by molar-refractivity contribution is 5.78. The number of benzene rings is 1. The maximum Gasteiger partial charge on any atom is 0.221 e. The number of nitrogens with one attached hydrogen (secondary N) is 2. The molecule has 1 heterocycles. The highest BCUT2D eigenvalue weighted by Crippen LogP contribution is 2.32. The van der Waals surface area contributed by atoms with E-state index in [-0.39, 0.29) is 17.9 Å². The first-order valence-corrected chi connectivity index (χ1v) is 6.33. The molecule has 2 unspecified atom stereocenters. The molecule has 94 valence electrons. The number of amides is 1. The molecule has 0 bridgehead atoms. The van der Waals surface area contributed by atoms with E-state index in [1.165, 1.54) is 5.56 Å². The molecule has 0 saturated carbocycles. The van der Waals surface area contributed by atoms with E-state index in [1.54, 1.807) is 0 Å². The Morgan fingerprint density at radius 3 is 3.11 bits per heavy atom. The summed E-state index contributed by atoms with van der Waals surface area (Å²) in [5.41, 5.74) is 2.36. The maximum atomic E-state index is 11.9. The second kappa shape index (κ2) is 5.59. The van der Waals surface area contributed by atoms with Gasteiger partial charge in [0.25, 0.3) is 0 Å². The summed E-state index contributed by atoms with van der Waals surface area (Å²) in [6.07, 6.45) is 6.59. The summed E-state index contributed by atoms with van der Waals surface area (Å²) in [5, 5.41) is 6.19. The summed E-state index contributed by atoms with van der Waals surface area (Å²) < 4.78 is 0. The summed E-state index contributed by atoms with van der Waals surface area (Å²) in [5.74, 6) is 2.86. The van der Waals surface area contributed by atoms with E-state index in [9.17, 15) is 4.79 Å². The highest BCUT2D eigenvalue weighted by atomic mass is 16.1. The van der Waals surface area contributed by atoms with Crippen molar-refractivity contribution in [2.75, 3.05) is 11.9 Å². The van der Waals surface area contributed by atoms with E-state index in [0.717, 1.165) is 18.7 Å². The molecule has 0 spiro atoms. The number of rotatable bonds is 4. The van der Waals surface area contributed by atoms with Crippen molar-refractivity contribution in [2.45, 2.75) is 31.7 Å². The molecule has 2 atom stereocenters. The van der Waals surface area contributed by atoms with Gasteiger partial charge in [-0.2, -0.15) is 0 Å². The minimum absolute atomic E-state index is 0.0308. The SMILES string of the molecule is C#CC(CC)NC(=O)CC1CNc2ccccc21. The second-order valence-corrected chi connectivity index (χ2v) is 4.56. The predicted octanol–water partition coefficient (Wildman–Crippen LogP) is 2.11. The summed E-state index contributed by atoms with van der Waals surface area (Å²) in [7, 11) is 0. The summed E-state index contributed by atoms with van der Waals surface area (Å²) >= 11 is 0. The van der Waals surface area contributed by atoms with Crippen molar-refractivity contribution < 1.29 is 4.79 Å². The molecule has 0 aromatic heterocycles. The minimum atomic E-state index is -0.151. The monoisotopic (exact) mass is 242 g/mol. The van der Waals surface area contributed by atoms with Crippen LogP contribution in [0.4, 0.5) is 5.69 Å². The zero-order valence-corrected chi connectivity index (χ0v) is 10.6. The average molecular weight is 242 g/mol. The van der Waals surface area contributed by atoms with Gasteiger partial charge in [0.1, 0.15) is 0 Å². The quantitative estimate of drug-likeness (QED) is 0.794. The normalized spacial score (nSPS) is 18.3. The molecule has 1 aliphatic rings. The number of anilines is 1. The zero-order valence-electron chi connectivity index (χ0n) is 10.6. The summed E-state index contributed by atoms with van der Waals surface area (Å²) in [6.45, 7) is 2.79. The van der Waals surface area contributed by atoms with Gasteiger partial charge in [-0.3, -0.25) is 4.79 Å². The molecule has 2 rings (SSSR count). The fourth-order valence-corrected chi connectivity index (χ4v) is 2.28. The van der Waals surface area contributed by atoms with Crippen LogP contribution in [0.5, 0.6) is 0 Å². The summed E-state index contributed by atoms with van der Waals surface area (Å²) in [4.78, 5) is 11.9. The van der Waals surface area contributed by atoms with Crippen molar-refractivity contribution in [2.24, 2.45) is 0 Å². The molecule has 0 aliphatic carbocycles. The van der Waals surface area contributed by atoms with Gasteiger partial charge in [0, 0.05) is 24.6 Å². The van der Waals surface area contributed by atoms with Gasteiger partial charge >= 0.3 is 0 Å². The number of terminal acetylenes is 1. The zero-order chi connectivity index (χ0) is 13.0. The number of para-hydroxylation sites is 1. The Hall–Kier alpha value is -1.95. The lowest BCUT2D eigenvalue weighted by Gasteiger charge is -2.13. The molecular weight excluding hydrogens is 224 g/mol. The van der Waals surface area contributed by atoms with E-state index in [0.29, 0.717) is 6.42 Å². The van der Waals surface area contributed by atoms with Crippen molar-refractivity contribution in [3.05, 3.63) is 29.8 Å². The van der Waals surface area contributed by atoms with Crippen LogP contribution in [0, 0.1) is 12.3 Å². The molecule has 1 amide bonds. The number of carbonyl (C=O) groups is 1. The average Bonchev–Trinajstić information content (AvgIpc) is 2.79. The number of fused-ring (bicyclic) bond motifs is 1. The van der Waals surface area contributed by atoms with E-state index in [2.05, 4.69) is 22.6 Å². The van der Waals surface area contributed by atoms with Crippen molar-refractivity contribution >= 4 is 11.6 Å². The Balaban J connectivity index is 1.96. The molecule has 2 N–H and O–H groups in total. The molecule has 18 heavy (non-hydrogen) atoms. The second-order valence-electron chi connectivity index (χ2n) is 4.56. The third-order valence-electron chi connectivity index (χ3n) is 3.32.